The number of hydrogen-bond donors (Lipinski definition) is 1. The molecule has 2 rings (SSSR count). The van der Waals surface area contributed by atoms with Crippen molar-refractivity contribution in [2.75, 3.05) is 0 Å². The standard InChI is InChI=1S/C12H14INO2/c13-10-7-5-9(6-8-10)12(15)14-16-11-3-1-2-4-11/h5-8,11H,1-4H2,(H,14,15). The summed E-state index contributed by atoms with van der Waals surface area (Å²) in [5.41, 5.74) is 3.16. The van der Waals surface area contributed by atoms with Gasteiger partial charge >= 0.3 is 0 Å². The molecule has 1 aliphatic carbocycles. The van der Waals surface area contributed by atoms with E-state index in [0.717, 1.165) is 16.4 Å². The smallest absolute Gasteiger partial charge is 0.270 e. The van der Waals surface area contributed by atoms with E-state index in [1.165, 1.54) is 12.8 Å². The fraction of sp³-hybridized carbons (Fsp3) is 0.417. The molecular weight excluding hydrogens is 317 g/mol. The van der Waals surface area contributed by atoms with Crippen molar-refractivity contribution in [3.05, 3.63) is 33.4 Å². The molecule has 0 radical (unpaired) electrons. The lowest BCUT2D eigenvalue weighted by atomic mass is 10.2. The van der Waals surface area contributed by atoms with E-state index < -0.39 is 0 Å². The van der Waals surface area contributed by atoms with E-state index >= 15 is 0 Å². The average Bonchev–Trinajstić information content (AvgIpc) is 2.80. The molecule has 86 valence electrons. The number of carbonyl (C=O) groups is 1. The maximum atomic E-state index is 11.7. The Morgan fingerprint density at radius 2 is 1.88 bits per heavy atom. The van der Waals surface area contributed by atoms with E-state index in [1.54, 1.807) is 12.1 Å². The first-order valence-electron chi connectivity index (χ1n) is 5.47. The van der Waals surface area contributed by atoms with Crippen molar-refractivity contribution in [1.29, 1.82) is 0 Å². The second kappa shape index (κ2) is 5.63. The van der Waals surface area contributed by atoms with Crippen molar-refractivity contribution in [2.24, 2.45) is 0 Å². The van der Waals surface area contributed by atoms with E-state index in [-0.39, 0.29) is 12.0 Å². The van der Waals surface area contributed by atoms with Crippen LogP contribution in [0.25, 0.3) is 0 Å². The quantitative estimate of drug-likeness (QED) is 0.683. The van der Waals surface area contributed by atoms with Crippen LogP contribution in [0.1, 0.15) is 36.0 Å². The molecule has 0 bridgehead atoms. The molecule has 1 amide bonds. The highest BCUT2D eigenvalue weighted by Crippen LogP contribution is 2.20. The van der Waals surface area contributed by atoms with Gasteiger partial charge in [-0.25, -0.2) is 5.48 Å². The van der Waals surface area contributed by atoms with Crippen LogP contribution in [0, 0.1) is 3.57 Å². The van der Waals surface area contributed by atoms with Gasteiger partial charge in [-0.15, -0.1) is 0 Å². The van der Waals surface area contributed by atoms with Gasteiger partial charge in [0.1, 0.15) is 0 Å². The van der Waals surface area contributed by atoms with Gasteiger partial charge in [-0.3, -0.25) is 9.63 Å². The van der Waals surface area contributed by atoms with Gasteiger partial charge in [-0.2, -0.15) is 0 Å². The minimum Gasteiger partial charge on any atom is -0.270 e. The van der Waals surface area contributed by atoms with Crippen LogP contribution in [0.3, 0.4) is 0 Å². The van der Waals surface area contributed by atoms with Crippen LogP contribution >= 0.6 is 22.6 Å². The summed E-state index contributed by atoms with van der Waals surface area (Å²) in [6.45, 7) is 0. The fourth-order valence-corrected chi connectivity index (χ4v) is 2.16. The van der Waals surface area contributed by atoms with Gasteiger partial charge in [-0.05, 0) is 59.7 Å². The fourth-order valence-electron chi connectivity index (χ4n) is 1.80. The minimum atomic E-state index is -0.164. The van der Waals surface area contributed by atoms with E-state index in [9.17, 15) is 4.79 Å². The van der Waals surface area contributed by atoms with Crippen LogP contribution in [-0.4, -0.2) is 12.0 Å². The largest absolute Gasteiger partial charge is 0.274 e. The highest BCUT2D eigenvalue weighted by molar-refractivity contribution is 14.1. The maximum Gasteiger partial charge on any atom is 0.274 e. The molecule has 0 heterocycles. The first kappa shape index (κ1) is 11.9. The van der Waals surface area contributed by atoms with Crippen LogP contribution in [0.4, 0.5) is 0 Å². The van der Waals surface area contributed by atoms with Crippen molar-refractivity contribution in [2.45, 2.75) is 31.8 Å². The number of carbonyl (C=O) groups excluding carboxylic acids is 1. The highest BCUT2D eigenvalue weighted by Gasteiger charge is 2.17. The van der Waals surface area contributed by atoms with Gasteiger partial charge in [0.2, 0.25) is 0 Å². The lowest BCUT2D eigenvalue weighted by molar-refractivity contribution is -0.0124. The number of rotatable bonds is 3. The first-order chi connectivity index (χ1) is 7.75. The van der Waals surface area contributed by atoms with Crippen LogP contribution < -0.4 is 5.48 Å². The molecule has 1 N–H and O–H groups in total. The Kier molecular flexibility index (Phi) is 4.17. The van der Waals surface area contributed by atoms with Crippen molar-refractivity contribution in [3.8, 4) is 0 Å². The SMILES string of the molecule is O=C(NOC1CCCC1)c1ccc(I)cc1. The van der Waals surface area contributed by atoms with Gasteiger partial charge in [0.15, 0.2) is 0 Å². The van der Waals surface area contributed by atoms with Crippen LogP contribution in [-0.2, 0) is 4.84 Å². The molecule has 0 atom stereocenters. The Bertz CT molecular complexity index is 358. The molecule has 0 saturated heterocycles. The zero-order valence-corrected chi connectivity index (χ0v) is 11.1. The van der Waals surface area contributed by atoms with Gasteiger partial charge < -0.3 is 0 Å². The number of hydroxylamine groups is 1. The number of benzene rings is 1. The lowest BCUT2D eigenvalue weighted by Gasteiger charge is -2.11. The molecule has 1 saturated carbocycles. The molecule has 0 spiro atoms. The molecule has 1 fully saturated rings. The third kappa shape index (κ3) is 3.18. The number of amides is 1. The predicted molar refractivity (Wildman–Crippen MR) is 70.0 cm³/mol. The van der Waals surface area contributed by atoms with E-state index in [2.05, 4.69) is 28.1 Å². The summed E-state index contributed by atoms with van der Waals surface area (Å²) in [6, 6.07) is 7.42. The van der Waals surface area contributed by atoms with Gasteiger partial charge in [0, 0.05) is 9.13 Å². The van der Waals surface area contributed by atoms with Crippen molar-refractivity contribution in [3.63, 3.8) is 0 Å². The van der Waals surface area contributed by atoms with Crippen molar-refractivity contribution in [1.82, 2.24) is 5.48 Å². The second-order valence-electron chi connectivity index (χ2n) is 3.96. The van der Waals surface area contributed by atoms with E-state index in [1.807, 2.05) is 12.1 Å². The molecule has 16 heavy (non-hydrogen) atoms. The van der Waals surface area contributed by atoms with Crippen LogP contribution in [0.5, 0.6) is 0 Å². The van der Waals surface area contributed by atoms with Gasteiger partial charge in [0.25, 0.3) is 5.91 Å². The minimum absolute atomic E-state index is 0.164. The molecule has 1 aromatic rings. The highest BCUT2D eigenvalue weighted by atomic mass is 127. The summed E-state index contributed by atoms with van der Waals surface area (Å²) in [4.78, 5) is 17.0. The second-order valence-corrected chi connectivity index (χ2v) is 5.21. The summed E-state index contributed by atoms with van der Waals surface area (Å²) in [5, 5.41) is 0. The molecule has 0 aliphatic heterocycles. The number of nitrogens with one attached hydrogen (secondary N) is 1. The summed E-state index contributed by atoms with van der Waals surface area (Å²) in [7, 11) is 0. The zero-order chi connectivity index (χ0) is 11.4. The van der Waals surface area contributed by atoms with Crippen LogP contribution in [0.15, 0.2) is 24.3 Å². The van der Waals surface area contributed by atoms with E-state index in [4.69, 9.17) is 4.84 Å². The van der Waals surface area contributed by atoms with Gasteiger partial charge in [0.05, 0.1) is 6.10 Å². The number of halogens is 1. The summed E-state index contributed by atoms with van der Waals surface area (Å²) in [5.74, 6) is -0.164. The number of hydrogen-bond acceptors (Lipinski definition) is 2. The zero-order valence-electron chi connectivity index (χ0n) is 8.91. The molecule has 3 nitrogen and oxygen atoms in total. The van der Waals surface area contributed by atoms with Crippen molar-refractivity contribution >= 4 is 28.5 Å². The normalized spacial score (nSPS) is 16.3. The Morgan fingerprint density at radius 3 is 2.50 bits per heavy atom. The monoisotopic (exact) mass is 331 g/mol. The third-order valence-electron chi connectivity index (χ3n) is 2.73. The summed E-state index contributed by atoms with van der Waals surface area (Å²) < 4.78 is 1.12. The predicted octanol–water partition coefficient (Wildman–Crippen LogP) is 2.90. The first-order valence-corrected chi connectivity index (χ1v) is 6.55. The third-order valence-corrected chi connectivity index (χ3v) is 3.45. The molecule has 0 aromatic heterocycles. The lowest BCUT2D eigenvalue weighted by Crippen LogP contribution is -2.28. The molecule has 1 aliphatic rings. The topological polar surface area (TPSA) is 38.3 Å². The molecular formula is C12H14INO2. The van der Waals surface area contributed by atoms with Gasteiger partial charge in [-0.1, -0.05) is 12.8 Å². The van der Waals surface area contributed by atoms with Crippen LogP contribution in [0.2, 0.25) is 0 Å². The Morgan fingerprint density at radius 1 is 1.25 bits per heavy atom. The average molecular weight is 331 g/mol. The summed E-state index contributed by atoms with van der Waals surface area (Å²) in [6.07, 6.45) is 4.70. The van der Waals surface area contributed by atoms with E-state index in [0.29, 0.717) is 5.56 Å². The molecule has 4 heteroatoms. The van der Waals surface area contributed by atoms with Crippen molar-refractivity contribution < 1.29 is 9.63 Å². The molecule has 0 unspecified atom stereocenters. The summed E-state index contributed by atoms with van der Waals surface area (Å²) >= 11 is 2.21. The Balaban J connectivity index is 1.85. The Hall–Kier alpha value is -0.620. The Labute approximate surface area is 109 Å². The molecule has 1 aromatic carbocycles. The maximum absolute atomic E-state index is 11.7.